The Labute approximate surface area is 203 Å². The van der Waals surface area contributed by atoms with Crippen molar-refractivity contribution >= 4 is 61.5 Å². The lowest BCUT2D eigenvalue weighted by molar-refractivity contribution is 0.0698. The van der Waals surface area contributed by atoms with E-state index in [1.807, 2.05) is 24.3 Å². The lowest BCUT2D eigenvalue weighted by atomic mass is 10.1. The van der Waals surface area contributed by atoms with E-state index in [-0.39, 0.29) is 36.3 Å². The average Bonchev–Trinajstić information content (AvgIpc) is 2.83. The summed E-state index contributed by atoms with van der Waals surface area (Å²) >= 11 is 6.02. The van der Waals surface area contributed by atoms with E-state index in [0.717, 1.165) is 21.5 Å². The largest absolute Gasteiger partial charge is 0.336 e. The van der Waals surface area contributed by atoms with Crippen LogP contribution in [0.4, 0.5) is 0 Å². The van der Waals surface area contributed by atoms with Gasteiger partial charge in [-0.1, -0.05) is 29.8 Å². The molecule has 3 aromatic carbocycles. The van der Waals surface area contributed by atoms with Crippen LogP contribution in [0.1, 0.15) is 10.4 Å². The van der Waals surface area contributed by atoms with Crippen molar-refractivity contribution in [1.82, 2.24) is 14.2 Å². The summed E-state index contributed by atoms with van der Waals surface area (Å²) in [7, 11) is -3.65. The van der Waals surface area contributed by atoms with E-state index in [4.69, 9.17) is 11.6 Å². The second-order valence-corrected chi connectivity index (χ2v) is 10.2. The average molecular weight is 502 g/mol. The zero-order chi connectivity index (χ0) is 22.3. The van der Waals surface area contributed by atoms with Crippen LogP contribution >= 0.6 is 24.0 Å². The molecule has 0 saturated carbocycles. The number of halogens is 2. The molecule has 0 unspecified atom stereocenters. The molecule has 1 aliphatic rings. The highest BCUT2D eigenvalue weighted by Crippen LogP contribution is 2.25. The van der Waals surface area contributed by atoms with Gasteiger partial charge in [0.25, 0.3) is 5.91 Å². The zero-order valence-corrected chi connectivity index (χ0v) is 19.9. The maximum atomic E-state index is 13.2. The van der Waals surface area contributed by atoms with Gasteiger partial charge in [-0.2, -0.15) is 4.31 Å². The molecule has 0 N–H and O–H groups in total. The Hall–Kier alpha value is -2.71. The predicted molar refractivity (Wildman–Crippen MR) is 133 cm³/mol. The van der Waals surface area contributed by atoms with E-state index in [2.05, 4.69) is 4.98 Å². The van der Waals surface area contributed by atoms with Gasteiger partial charge < -0.3 is 4.90 Å². The first-order valence-corrected chi connectivity index (χ1v) is 12.1. The topological polar surface area (TPSA) is 70.6 Å². The summed E-state index contributed by atoms with van der Waals surface area (Å²) < 4.78 is 27.8. The number of hydrogen-bond donors (Lipinski definition) is 0. The molecule has 1 amide bonds. The fourth-order valence-corrected chi connectivity index (χ4v) is 5.67. The van der Waals surface area contributed by atoms with Crippen LogP contribution in [0.3, 0.4) is 0 Å². The molecule has 1 saturated heterocycles. The second-order valence-electron chi connectivity index (χ2n) is 7.79. The normalized spacial score (nSPS) is 14.9. The number of aromatic nitrogens is 1. The first kappa shape index (κ1) is 23.4. The number of nitrogens with zero attached hydrogens (tertiary/aromatic N) is 3. The monoisotopic (exact) mass is 501 g/mol. The van der Waals surface area contributed by atoms with Crippen LogP contribution in [0.5, 0.6) is 0 Å². The Kier molecular flexibility index (Phi) is 6.59. The van der Waals surface area contributed by atoms with Gasteiger partial charge in [0, 0.05) is 54.5 Å². The van der Waals surface area contributed by atoms with E-state index in [1.165, 1.54) is 4.31 Å². The summed E-state index contributed by atoms with van der Waals surface area (Å²) in [6.45, 7) is 1.18. The Bertz CT molecular complexity index is 1450. The Morgan fingerprint density at radius 2 is 1.52 bits per heavy atom. The van der Waals surface area contributed by atoms with Crippen molar-refractivity contribution < 1.29 is 13.2 Å². The van der Waals surface area contributed by atoms with Crippen LogP contribution in [-0.2, 0) is 10.0 Å². The van der Waals surface area contributed by atoms with Crippen LogP contribution in [0.2, 0.25) is 5.02 Å². The van der Waals surface area contributed by atoms with Gasteiger partial charge in [-0.05, 0) is 58.6 Å². The molecule has 1 aromatic heterocycles. The van der Waals surface area contributed by atoms with Crippen molar-refractivity contribution in [3.8, 4) is 0 Å². The summed E-state index contributed by atoms with van der Waals surface area (Å²) in [5.41, 5.74) is 0.579. The lowest BCUT2D eigenvalue weighted by Gasteiger charge is -2.34. The maximum absolute atomic E-state index is 13.2. The van der Waals surface area contributed by atoms with Crippen molar-refractivity contribution in [1.29, 1.82) is 0 Å². The third-order valence-corrected chi connectivity index (χ3v) is 7.95. The first-order chi connectivity index (χ1) is 15.4. The molecule has 0 atom stereocenters. The van der Waals surface area contributed by atoms with Crippen molar-refractivity contribution in [3.63, 3.8) is 0 Å². The molecule has 33 heavy (non-hydrogen) atoms. The van der Waals surface area contributed by atoms with Gasteiger partial charge in [0.2, 0.25) is 10.0 Å². The van der Waals surface area contributed by atoms with Gasteiger partial charge in [0.1, 0.15) is 0 Å². The Morgan fingerprint density at radius 3 is 2.30 bits per heavy atom. The van der Waals surface area contributed by atoms with E-state index >= 15 is 0 Å². The molecule has 9 heteroatoms. The summed E-state index contributed by atoms with van der Waals surface area (Å²) in [6.07, 6.45) is 3.45. The Morgan fingerprint density at radius 1 is 0.818 bits per heavy atom. The molecule has 170 valence electrons. The molecule has 1 aliphatic heterocycles. The van der Waals surface area contributed by atoms with Crippen molar-refractivity contribution in [3.05, 3.63) is 83.6 Å². The molecule has 1 fully saturated rings. The number of sulfonamides is 1. The number of rotatable bonds is 3. The minimum atomic E-state index is -3.65. The molecule has 0 bridgehead atoms. The van der Waals surface area contributed by atoms with Crippen LogP contribution in [-0.4, -0.2) is 54.7 Å². The standard InChI is InChI=1S/C24H20ClN3O3S.ClH/c25-22-5-3-19-15-23(6-4-18(19)14-22)32(30,31)28-11-9-27(10-12-28)24(29)20-2-1-17-7-8-26-16-21(17)13-20;/h1-8,13-16H,9-12H2;1H. The summed E-state index contributed by atoms with van der Waals surface area (Å²) in [6, 6.07) is 17.8. The molecule has 4 aromatic rings. The molecular formula is C24H21Cl2N3O3S. The van der Waals surface area contributed by atoms with Gasteiger partial charge in [-0.25, -0.2) is 8.42 Å². The van der Waals surface area contributed by atoms with Gasteiger partial charge in [0.05, 0.1) is 4.90 Å². The smallest absolute Gasteiger partial charge is 0.253 e. The summed E-state index contributed by atoms with van der Waals surface area (Å²) in [5.74, 6) is -0.101. The van der Waals surface area contributed by atoms with Gasteiger partial charge in [0.15, 0.2) is 0 Å². The maximum Gasteiger partial charge on any atom is 0.253 e. The van der Waals surface area contributed by atoms with Crippen LogP contribution in [0.25, 0.3) is 21.5 Å². The summed E-state index contributed by atoms with van der Waals surface area (Å²) in [5, 5.41) is 4.23. The molecule has 5 rings (SSSR count). The molecule has 0 spiro atoms. The van der Waals surface area contributed by atoms with Crippen molar-refractivity contribution in [2.45, 2.75) is 4.90 Å². The fourth-order valence-electron chi connectivity index (χ4n) is 4.04. The van der Waals surface area contributed by atoms with Gasteiger partial charge >= 0.3 is 0 Å². The van der Waals surface area contributed by atoms with E-state index in [0.29, 0.717) is 23.7 Å². The number of amides is 1. The minimum absolute atomic E-state index is 0. The number of carbonyl (C=O) groups is 1. The number of carbonyl (C=O) groups excluding carboxylic acids is 1. The van der Waals surface area contributed by atoms with Crippen LogP contribution in [0, 0.1) is 0 Å². The third-order valence-electron chi connectivity index (χ3n) is 5.82. The zero-order valence-electron chi connectivity index (χ0n) is 17.5. The van der Waals surface area contributed by atoms with E-state index in [9.17, 15) is 13.2 Å². The summed E-state index contributed by atoms with van der Waals surface area (Å²) in [4.78, 5) is 19.0. The van der Waals surface area contributed by atoms with Gasteiger partial charge in [-0.3, -0.25) is 9.78 Å². The van der Waals surface area contributed by atoms with Gasteiger partial charge in [-0.15, -0.1) is 12.4 Å². The van der Waals surface area contributed by atoms with E-state index in [1.54, 1.807) is 53.7 Å². The minimum Gasteiger partial charge on any atom is -0.336 e. The number of pyridine rings is 1. The van der Waals surface area contributed by atoms with Crippen LogP contribution < -0.4 is 0 Å². The lowest BCUT2D eigenvalue weighted by Crippen LogP contribution is -2.50. The van der Waals surface area contributed by atoms with Crippen LogP contribution in [0.15, 0.2) is 78.0 Å². The first-order valence-electron chi connectivity index (χ1n) is 10.2. The van der Waals surface area contributed by atoms with Crippen molar-refractivity contribution in [2.24, 2.45) is 0 Å². The predicted octanol–water partition coefficient (Wildman–Crippen LogP) is 4.61. The highest BCUT2D eigenvalue weighted by Gasteiger charge is 2.30. The number of fused-ring (bicyclic) bond motifs is 2. The third kappa shape index (κ3) is 4.54. The van der Waals surface area contributed by atoms with Crippen molar-refractivity contribution in [2.75, 3.05) is 26.2 Å². The number of piperazine rings is 1. The van der Waals surface area contributed by atoms with E-state index < -0.39 is 10.0 Å². The quantitative estimate of drug-likeness (QED) is 0.410. The molecule has 0 aliphatic carbocycles. The second kappa shape index (κ2) is 9.27. The fraction of sp³-hybridized carbons (Fsp3) is 0.167. The highest BCUT2D eigenvalue weighted by molar-refractivity contribution is 7.89. The molecule has 0 radical (unpaired) electrons. The SMILES string of the molecule is Cl.O=C(c1ccc2ccncc2c1)N1CCN(S(=O)(=O)c2ccc3cc(Cl)ccc3c2)CC1. The Balaban J connectivity index is 0.00000259. The number of benzene rings is 3. The molecular weight excluding hydrogens is 481 g/mol. The molecule has 6 nitrogen and oxygen atoms in total. The molecule has 2 heterocycles. The number of hydrogen-bond acceptors (Lipinski definition) is 4. The highest BCUT2D eigenvalue weighted by atomic mass is 35.5.